The van der Waals surface area contributed by atoms with Crippen LogP contribution in [-0.2, 0) is 4.79 Å². The van der Waals surface area contributed by atoms with E-state index in [2.05, 4.69) is 29.4 Å². The number of aromatic nitrogens is 1. The Labute approximate surface area is 117 Å². The summed E-state index contributed by atoms with van der Waals surface area (Å²) in [6.45, 7) is 7.94. The number of benzene rings is 1. The number of anilines is 1. The van der Waals surface area contributed by atoms with Crippen molar-refractivity contribution in [2.45, 2.75) is 33.7 Å². The highest BCUT2D eigenvalue weighted by Gasteiger charge is 2.18. The maximum atomic E-state index is 11.9. The molecule has 2 aromatic rings. The molecule has 0 fully saturated rings. The summed E-state index contributed by atoms with van der Waals surface area (Å²) < 4.78 is 1.09. The lowest BCUT2D eigenvalue weighted by molar-refractivity contribution is -0.118. The van der Waals surface area contributed by atoms with Crippen molar-refractivity contribution in [3.8, 4) is 0 Å². The highest BCUT2D eigenvalue weighted by molar-refractivity contribution is 7.22. The van der Waals surface area contributed by atoms with Crippen molar-refractivity contribution >= 4 is 32.6 Å². The maximum absolute atomic E-state index is 11.9. The number of carbonyl (C=O) groups is 1. The fourth-order valence-electron chi connectivity index (χ4n) is 1.92. The van der Waals surface area contributed by atoms with Crippen molar-refractivity contribution in [1.82, 2.24) is 4.98 Å². The van der Waals surface area contributed by atoms with E-state index in [4.69, 9.17) is 5.73 Å². The number of rotatable bonds is 3. The van der Waals surface area contributed by atoms with Gasteiger partial charge in [0.05, 0.1) is 16.3 Å². The molecule has 5 heteroatoms. The first-order valence-electron chi connectivity index (χ1n) is 6.32. The van der Waals surface area contributed by atoms with Crippen LogP contribution in [0.2, 0.25) is 0 Å². The number of fused-ring (bicyclic) bond motifs is 1. The normalized spacial score (nSPS) is 12.9. The second kappa shape index (κ2) is 5.27. The van der Waals surface area contributed by atoms with Gasteiger partial charge in [-0.25, -0.2) is 4.98 Å². The molecule has 0 saturated heterocycles. The molecule has 1 amide bonds. The van der Waals surface area contributed by atoms with Gasteiger partial charge in [0.1, 0.15) is 0 Å². The SMILES string of the molecule is Cc1cc(C)c2nc(NC(=O)[C@@H](N)C(C)C)sc2c1. The Morgan fingerprint density at radius 1 is 1.37 bits per heavy atom. The third-order valence-electron chi connectivity index (χ3n) is 3.08. The topological polar surface area (TPSA) is 68.0 Å². The molecule has 19 heavy (non-hydrogen) atoms. The summed E-state index contributed by atoms with van der Waals surface area (Å²) in [4.78, 5) is 16.4. The molecular weight excluding hydrogens is 258 g/mol. The predicted molar refractivity (Wildman–Crippen MR) is 80.5 cm³/mol. The number of aryl methyl sites for hydroxylation is 2. The smallest absolute Gasteiger partial charge is 0.243 e. The fourth-order valence-corrected chi connectivity index (χ4v) is 2.96. The number of nitrogens with one attached hydrogen (secondary N) is 1. The van der Waals surface area contributed by atoms with Crippen molar-refractivity contribution in [3.63, 3.8) is 0 Å². The minimum absolute atomic E-state index is 0.110. The molecule has 0 saturated carbocycles. The van der Waals surface area contributed by atoms with E-state index in [0.29, 0.717) is 5.13 Å². The molecule has 1 aromatic heterocycles. The Bertz CT molecular complexity index is 618. The number of hydrogen-bond acceptors (Lipinski definition) is 4. The predicted octanol–water partition coefficient (Wildman–Crippen LogP) is 2.83. The first-order chi connectivity index (χ1) is 8.88. The quantitative estimate of drug-likeness (QED) is 0.906. The van der Waals surface area contributed by atoms with Gasteiger partial charge in [-0.3, -0.25) is 4.79 Å². The molecule has 0 aliphatic carbocycles. The molecule has 3 N–H and O–H groups in total. The number of thiazole rings is 1. The molecule has 2 rings (SSSR count). The Hall–Kier alpha value is -1.46. The van der Waals surface area contributed by atoms with E-state index in [1.807, 2.05) is 20.8 Å². The monoisotopic (exact) mass is 277 g/mol. The summed E-state index contributed by atoms with van der Waals surface area (Å²) >= 11 is 1.48. The number of nitrogens with two attached hydrogens (primary N) is 1. The van der Waals surface area contributed by atoms with Gasteiger partial charge in [-0.15, -0.1) is 0 Å². The van der Waals surface area contributed by atoms with E-state index >= 15 is 0 Å². The van der Waals surface area contributed by atoms with Gasteiger partial charge in [0.25, 0.3) is 0 Å². The molecule has 0 aliphatic rings. The largest absolute Gasteiger partial charge is 0.320 e. The lowest BCUT2D eigenvalue weighted by atomic mass is 10.1. The van der Waals surface area contributed by atoms with Crippen molar-refractivity contribution < 1.29 is 4.79 Å². The zero-order valence-corrected chi connectivity index (χ0v) is 12.5. The van der Waals surface area contributed by atoms with E-state index < -0.39 is 6.04 Å². The van der Waals surface area contributed by atoms with Crippen LogP contribution in [0.4, 0.5) is 5.13 Å². The molecule has 1 heterocycles. The second-order valence-electron chi connectivity index (χ2n) is 5.21. The average Bonchev–Trinajstić information content (AvgIpc) is 2.70. The van der Waals surface area contributed by atoms with Crippen LogP contribution in [0.15, 0.2) is 12.1 Å². The zero-order chi connectivity index (χ0) is 14.2. The standard InChI is InChI=1S/C14H19N3OS/c1-7(2)11(15)13(18)17-14-16-12-9(4)5-8(3)6-10(12)19-14/h5-7,11H,15H2,1-4H3,(H,16,17,18)/t11-/m0/s1. The van der Waals surface area contributed by atoms with Gasteiger partial charge in [0.2, 0.25) is 5.91 Å². The number of nitrogens with zero attached hydrogens (tertiary/aromatic N) is 1. The van der Waals surface area contributed by atoms with Gasteiger partial charge in [-0.2, -0.15) is 0 Å². The zero-order valence-electron chi connectivity index (χ0n) is 11.7. The lowest BCUT2D eigenvalue weighted by Crippen LogP contribution is -2.39. The van der Waals surface area contributed by atoms with Crippen LogP contribution >= 0.6 is 11.3 Å². The third-order valence-corrected chi connectivity index (χ3v) is 4.00. The van der Waals surface area contributed by atoms with Crippen molar-refractivity contribution in [2.75, 3.05) is 5.32 Å². The van der Waals surface area contributed by atoms with Crippen LogP contribution in [0.3, 0.4) is 0 Å². The Kier molecular flexibility index (Phi) is 3.87. The first kappa shape index (κ1) is 14.0. The minimum Gasteiger partial charge on any atom is -0.320 e. The van der Waals surface area contributed by atoms with E-state index in [-0.39, 0.29) is 11.8 Å². The average molecular weight is 277 g/mol. The van der Waals surface area contributed by atoms with Gasteiger partial charge < -0.3 is 11.1 Å². The minimum atomic E-state index is -0.505. The Morgan fingerprint density at radius 3 is 2.68 bits per heavy atom. The summed E-state index contributed by atoms with van der Waals surface area (Å²) in [5.74, 6) is -0.0678. The molecule has 0 aliphatic heterocycles. The highest BCUT2D eigenvalue weighted by atomic mass is 32.1. The van der Waals surface area contributed by atoms with Gasteiger partial charge in [-0.1, -0.05) is 31.3 Å². The lowest BCUT2D eigenvalue weighted by Gasteiger charge is -2.13. The number of hydrogen-bond donors (Lipinski definition) is 2. The van der Waals surface area contributed by atoms with Gasteiger partial charge in [0.15, 0.2) is 5.13 Å². The maximum Gasteiger partial charge on any atom is 0.243 e. The van der Waals surface area contributed by atoms with Crippen LogP contribution in [0, 0.1) is 19.8 Å². The molecular formula is C14H19N3OS. The van der Waals surface area contributed by atoms with Gasteiger partial charge in [0, 0.05) is 0 Å². The van der Waals surface area contributed by atoms with Crippen molar-refractivity contribution in [2.24, 2.45) is 11.7 Å². The van der Waals surface area contributed by atoms with E-state index in [0.717, 1.165) is 15.8 Å². The third kappa shape index (κ3) is 2.93. The highest BCUT2D eigenvalue weighted by Crippen LogP contribution is 2.29. The number of carbonyl (C=O) groups excluding carboxylic acids is 1. The van der Waals surface area contributed by atoms with Gasteiger partial charge >= 0.3 is 0 Å². The summed E-state index contributed by atoms with van der Waals surface area (Å²) in [5, 5.41) is 3.42. The molecule has 1 atom stereocenters. The summed E-state index contributed by atoms with van der Waals surface area (Å²) in [6.07, 6.45) is 0. The van der Waals surface area contributed by atoms with Crippen LogP contribution in [0.25, 0.3) is 10.2 Å². The first-order valence-corrected chi connectivity index (χ1v) is 7.14. The van der Waals surface area contributed by atoms with E-state index in [1.165, 1.54) is 16.9 Å². The van der Waals surface area contributed by atoms with Crippen LogP contribution in [-0.4, -0.2) is 16.9 Å². The molecule has 1 aromatic carbocycles. The second-order valence-corrected chi connectivity index (χ2v) is 6.24. The molecule has 102 valence electrons. The molecule has 0 unspecified atom stereocenters. The van der Waals surface area contributed by atoms with E-state index in [1.54, 1.807) is 0 Å². The molecule has 0 radical (unpaired) electrons. The van der Waals surface area contributed by atoms with Crippen LogP contribution in [0.5, 0.6) is 0 Å². The molecule has 4 nitrogen and oxygen atoms in total. The fraction of sp³-hybridized carbons (Fsp3) is 0.429. The Morgan fingerprint density at radius 2 is 2.05 bits per heavy atom. The Balaban J connectivity index is 2.27. The van der Waals surface area contributed by atoms with Crippen LogP contribution in [0.1, 0.15) is 25.0 Å². The summed E-state index contributed by atoms with van der Waals surface area (Å²) in [6, 6.07) is 3.67. The number of amides is 1. The molecule has 0 spiro atoms. The summed E-state index contributed by atoms with van der Waals surface area (Å²) in [5.41, 5.74) is 9.09. The van der Waals surface area contributed by atoms with E-state index in [9.17, 15) is 4.79 Å². The molecule has 0 bridgehead atoms. The van der Waals surface area contributed by atoms with Crippen molar-refractivity contribution in [1.29, 1.82) is 0 Å². The van der Waals surface area contributed by atoms with Crippen molar-refractivity contribution in [3.05, 3.63) is 23.3 Å². The van der Waals surface area contributed by atoms with Crippen LogP contribution < -0.4 is 11.1 Å². The summed E-state index contributed by atoms with van der Waals surface area (Å²) in [7, 11) is 0. The van der Waals surface area contributed by atoms with Gasteiger partial charge in [-0.05, 0) is 37.0 Å².